The molecule has 0 spiro atoms. The van der Waals surface area contributed by atoms with E-state index in [1.54, 1.807) is 6.07 Å². The Morgan fingerprint density at radius 3 is 2.61 bits per heavy atom. The van der Waals surface area contributed by atoms with Crippen molar-refractivity contribution in [1.82, 2.24) is 0 Å². The maximum absolute atomic E-state index is 13.4. The van der Waals surface area contributed by atoms with Crippen LogP contribution in [0.5, 0.6) is 0 Å². The normalized spacial score (nSPS) is 10.9. The van der Waals surface area contributed by atoms with Gasteiger partial charge in [0.2, 0.25) is 0 Å². The lowest BCUT2D eigenvalue weighted by Crippen LogP contribution is -2.18. The van der Waals surface area contributed by atoms with Crippen LogP contribution in [0.4, 0.5) is 4.39 Å². The van der Waals surface area contributed by atoms with E-state index >= 15 is 0 Å². The van der Waals surface area contributed by atoms with E-state index in [0.29, 0.717) is 18.6 Å². The molecular formula is C15H19FO2. The van der Waals surface area contributed by atoms with Crippen molar-refractivity contribution < 1.29 is 14.2 Å². The van der Waals surface area contributed by atoms with Crippen molar-refractivity contribution in [3.8, 4) is 11.8 Å². The molecule has 0 saturated carbocycles. The number of hydrogen-bond acceptors (Lipinski definition) is 2. The van der Waals surface area contributed by atoms with Crippen molar-refractivity contribution in [2.24, 2.45) is 0 Å². The van der Waals surface area contributed by atoms with E-state index in [4.69, 9.17) is 9.84 Å². The van der Waals surface area contributed by atoms with Crippen LogP contribution in [0.15, 0.2) is 18.2 Å². The lowest BCUT2D eigenvalue weighted by Gasteiger charge is -2.19. The van der Waals surface area contributed by atoms with Crippen molar-refractivity contribution >= 4 is 0 Å². The third kappa shape index (κ3) is 5.81. The van der Waals surface area contributed by atoms with Gasteiger partial charge in [-0.05, 0) is 44.5 Å². The summed E-state index contributed by atoms with van der Waals surface area (Å²) < 4.78 is 19.0. The van der Waals surface area contributed by atoms with Gasteiger partial charge in [-0.1, -0.05) is 11.8 Å². The van der Waals surface area contributed by atoms with Crippen molar-refractivity contribution in [2.75, 3.05) is 6.61 Å². The minimum atomic E-state index is -0.321. The van der Waals surface area contributed by atoms with Crippen molar-refractivity contribution in [3.05, 3.63) is 35.1 Å². The molecule has 0 fully saturated rings. The molecule has 0 bridgehead atoms. The second-order valence-corrected chi connectivity index (χ2v) is 5.02. The molecule has 0 heterocycles. The van der Waals surface area contributed by atoms with Crippen molar-refractivity contribution in [3.63, 3.8) is 0 Å². The van der Waals surface area contributed by atoms with Crippen molar-refractivity contribution in [2.45, 2.75) is 39.4 Å². The molecule has 0 amide bonds. The Balaban J connectivity index is 2.79. The maximum Gasteiger partial charge on any atom is 0.124 e. The second-order valence-electron chi connectivity index (χ2n) is 5.02. The van der Waals surface area contributed by atoms with E-state index in [1.807, 2.05) is 20.8 Å². The van der Waals surface area contributed by atoms with Gasteiger partial charge >= 0.3 is 0 Å². The van der Waals surface area contributed by atoms with Crippen LogP contribution in [-0.4, -0.2) is 17.3 Å². The van der Waals surface area contributed by atoms with E-state index in [9.17, 15) is 4.39 Å². The molecular weight excluding hydrogens is 231 g/mol. The molecule has 1 rings (SSSR count). The zero-order valence-electron chi connectivity index (χ0n) is 11.1. The van der Waals surface area contributed by atoms with Gasteiger partial charge in [0.05, 0.1) is 18.8 Å². The molecule has 0 aliphatic carbocycles. The Kier molecular flexibility index (Phi) is 5.33. The summed E-state index contributed by atoms with van der Waals surface area (Å²) in [7, 11) is 0. The van der Waals surface area contributed by atoms with Crippen LogP contribution in [0.2, 0.25) is 0 Å². The summed E-state index contributed by atoms with van der Waals surface area (Å²) in [5.74, 6) is 5.27. The van der Waals surface area contributed by atoms with Crippen LogP contribution in [0.3, 0.4) is 0 Å². The van der Waals surface area contributed by atoms with Gasteiger partial charge in [0.25, 0.3) is 0 Å². The molecule has 98 valence electrons. The highest BCUT2D eigenvalue weighted by Gasteiger charge is 2.10. The first-order valence-electron chi connectivity index (χ1n) is 5.94. The third-order valence-corrected chi connectivity index (χ3v) is 2.10. The van der Waals surface area contributed by atoms with Crippen LogP contribution < -0.4 is 0 Å². The molecule has 3 heteroatoms. The second kappa shape index (κ2) is 6.53. The van der Waals surface area contributed by atoms with Crippen LogP contribution in [-0.2, 0) is 11.3 Å². The lowest BCUT2D eigenvalue weighted by atomic mass is 10.1. The van der Waals surface area contributed by atoms with E-state index in [2.05, 4.69) is 11.8 Å². The molecule has 2 nitrogen and oxygen atoms in total. The molecule has 1 N–H and O–H groups in total. The summed E-state index contributed by atoms with van der Waals surface area (Å²) in [6.45, 7) is 6.23. The van der Waals surface area contributed by atoms with Gasteiger partial charge in [-0.15, -0.1) is 0 Å². The van der Waals surface area contributed by atoms with Gasteiger partial charge < -0.3 is 9.84 Å². The van der Waals surface area contributed by atoms with E-state index < -0.39 is 0 Å². The van der Waals surface area contributed by atoms with Crippen LogP contribution in [0.25, 0.3) is 0 Å². The largest absolute Gasteiger partial charge is 0.395 e. The van der Waals surface area contributed by atoms with Gasteiger partial charge in [0.1, 0.15) is 5.82 Å². The molecule has 0 aliphatic heterocycles. The fourth-order valence-electron chi connectivity index (χ4n) is 1.33. The molecule has 0 aromatic heterocycles. The number of halogens is 1. The summed E-state index contributed by atoms with van der Waals surface area (Å²) in [6.07, 6.45) is 0.393. The predicted molar refractivity (Wildman–Crippen MR) is 69.5 cm³/mol. The first kappa shape index (κ1) is 14.7. The number of benzene rings is 1. The topological polar surface area (TPSA) is 29.5 Å². The Labute approximate surface area is 108 Å². The predicted octanol–water partition coefficient (Wildman–Crippen LogP) is 2.87. The fourth-order valence-corrected chi connectivity index (χ4v) is 1.33. The van der Waals surface area contributed by atoms with Crippen molar-refractivity contribution in [1.29, 1.82) is 0 Å². The number of hydrogen-bond donors (Lipinski definition) is 1. The third-order valence-electron chi connectivity index (χ3n) is 2.10. The van der Waals surface area contributed by atoms with E-state index in [-0.39, 0.29) is 18.0 Å². The van der Waals surface area contributed by atoms with E-state index in [0.717, 1.165) is 5.56 Å². The van der Waals surface area contributed by atoms with Gasteiger partial charge in [0, 0.05) is 12.0 Å². The summed E-state index contributed by atoms with van der Waals surface area (Å²) >= 11 is 0. The molecule has 0 radical (unpaired) electrons. The molecule has 0 aliphatic rings. The average Bonchev–Trinajstić information content (AvgIpc) is 2.25. The highest BCUT2D eigenvalue weighted by molar-refractivity contribution is 5.37. The first-order valence-corrected chi connectivity index (χ1v) is 5.94. The molecule has 0 unspecified atom stereocenters. The lowest BCUT2D eigenvalue weighted by molar-refractivity contribution is -0.0150. The first-order chi connectivity index (χ1) is 8.40. The van der Waals surface area contributed by atoms with Crippen LogP contribution >= 0.6 is 0 Å². The minimum absolute atomic E-state index is 0.0162. The van der Waals surface area contributed by atoms with E-state index in [1.165, 1.54) is 12.1 Å². The smallest absolute Gasteiger partial charge is 0.124 e. The number of aliphatic hydroxyl groups is 1. The summed E-state index contributed by atoms with van der Waals surface area (Å²) in [4.78, 5) is 0. The molecule has 0 atom stereocenters. The summed E-state index contributed by atoms with van der Waals surface area (Å²) in [6, 6.07) is 4.63. The fraction of sp³-hybridized carbons (Fsp3) is 0.467. The zero-order chi connectivity index (χ0) is 13.6. The quantitative estimate of drug-likeness (QED) is 0.836. The monoisotopic (exact) mass is 250 g/mol. The Morgan fingerprint density at radius 1 is 1.28 bits per heavy atom. The van der Waals surface area contributed by atoms with Gasteiger partial charge in [0.15, 0.2) is 0 Å². The highest BCUT2D eigenvalue weighted by Crippen LogP contribution is 2.14. The number of aliphatic hydroxyl groups excluding tert-OH is 1. The van der Waals surface area contributed by atoms with Crippen LogP contribution in [0.1, 0.15) is 38.3 Å². The van der Waals surface area contributed by atoms with Gasteiger partial charge in [-0.3, -0.25) is 0 Å². The zero-order valence-corrected chi connectivity index (χ0v) is 11.1. The average molecular weight is 250 g/mol. The summed E-state index contributed by atoms with van der Waals surface area (Å²) in [5.41, 5.74) is 1.11. The Bertz CT molecular complexity index is 450. The molecule has 18 heavy (non-hydrogen) atoms. The maximum atomic E-state index is 13.4. The number of rotatable bonds is 3. The highest BCUT2D eigenvalue weighted by atomic mass is 19.1. The molecule has 0 saturated heterocycles. The summed E-state index contributed by atoms with van der Waals surface area (Å²) in [5, 5.41) is 8.63. The van der Waals surface area contributed by atoms with Crippen LogP contribution in [0, 0.1) is 17.7 Å². The minimum Gasteiger partial charge on any atom is -0.395 e. The van der Waals surface area contributed by atoms with Gasteiger partial charge in [-0.25, -0.2) is 4.39 Å². The molecule has 1 aromatic rings. The number of ether oxygens (including phenoxy) is 1. The Hall–Kier alpha value is -1.37. The SMILES string of the molecule is CC(C)(C)OCc1cc(F)cc(C#CCCO)c1. The molecule has 1 aromatic carbocycles. The van der Waals surface area contributed by atoms with Gasteiger partial charge in [-0.2, -0.15) is 0 Å². The standard InChI is InChI=1S/C15H19FO2/c1-15(2,3)18-11-13-8-12(6-4-5-7-17)9-14(16)10-13/h8-10,17H,5,7,11H2,1-3H3. The Morgan fingerprint density at radius 2 is 2.00 bits per heavy atom.